The van der Waals surface area contributed by atoms with Crippen LogP contribution in [0.2, 0.25) is 0 Å². The first-order valence-electron chi connectivity index (χ1n) is 7.75. The fourth-order valence-corrected chi connectivity index (χ4v) is 2.11. The molecule has 2 aromatic carbocycles. The lowest BCUT2D eigenvalue weighted by atomic mass is 10.1. The number of ether oxygens (including phenoxy) is 1. The van der Waals surface area contributed by atoms with Gasteiger partial charge >= 0.3 is 0 Å². The van der Waals surface area contributed by atoms with Crippen molar-refractivity contribution >= 4 is 5.96 Å². The molecule has 128 valence electrons. The summed E-state index contributed by atoms with van der Waals surface area (Å²) in [4.78, 5) is 4.11. The van der Waals surface area contributed by atoms with Crippen LogP contribution in [0.3, 0.4) is 0 Å². The van der Waals surface area contributed by atoms with Crippen LogP contribution < -0.4 is 15.4 Å². The molecule has 2 aromatic rings. The third-order valence-electron chi connectivity index (χ3n) is 3.32. The molecule has 6 heteroatoms. The zero-order valence-electron chi connectivity index (χ0n) is 13.6. The van der Waals surface area contributed by atoms with Gasteiger partial charge in [-0.2, -0.15) is 0 Å². The van der Waals surface area contributed by atoms with Crippen molar-refractivity contribution in [3.05, 3.63) is 65.7 Å². The van der Waals surface area contributed by atoms with Crippen molar-refractivity contribution in [2.75, 3.05) is 26.7 Å². The Hall–Kier alpha value is -2.63. The second-order valence-electron chi connectivity index (χ2n) is 5.08. The van der Waals surface area contributed by atoms with E-state index < -0.39 is 11.6 Å². The first-order chi connectivity index (χ1) is 11.7. The molecule has 0 atom stereocenters. The number of hydrogen-bond donors (Lipinski definition) is 2. The van der Waals surface area contributed by atoms with E-state index in [1.54, 1.807) is 7.05 Å². The maximum atomic E-state index is 13.4. The fourth-order valence-electron chi connectivity index (χ4n) is 2.11. The highest BCUT2D eigenvalue weighted by Gasteiger charge is 2.04. The summed E-state index contributed by atoms with van der Waals surface area (Å²) in [5.41, 5.74) is 1.25. The number of rotatable bonds is 7. The lowest BCUT2D eigenvalue weighted by Crippen LogP contribution is -2.40. The second-order valence-corrected chi connectivity index (χ2v) is 5.08. The quantitative estimate of drug-likeness (QED) is 0.465. The number of nitrogens with one attached hydrogen (secondary N) is 2. The third kappa shape index (κ3) is 5.87. The van der Waals surface area contributed by atoms with Crippen molar-refractivity contribution < 1.29 is 13.5 Å². The monoisotopic (exact) mass is 333 g/mol. The van der Waals surface area contributed by atoms with Crippen LogP contribution in [0.1, 0.15) is 5.56 Å². The van der Waals surface area contributed by atoms with Gasteiger partial charge in [0.05, 0.1) is 6.54 Å². The average Bonchev–Trinajstić information content (AvgIpc) is 2.59. The number of aliphatic imine (C=N–C) groups is 1. The Kier molecular flexibility index (Phi) is 7.01. The van der Waals surface area contributed by atoms with Crippen molar-refractivity contribution in [2.45, 2.75) is 6.42 Å². The minimum absolute atomic E-state index is 0.0326. The first kappa shape index (κ1) is 17.7. The van der Waals surface area contributed by atoms with Crippen LogP contribution in [-0.4, -0.2) is 32.7 Å². The lowest BCUT2D eigenvalue weighted by Gasteiger charge is -2.12. The SMILES string of the molecule is CN=C(NCCOc1ccc(F)cc1F)NCCc1ccccc1. The Morgan fingerprint density at radius 1 is 1.04 bits per heavy atom. The Morgan fingerprint density at radius 2 is 1.79 bits per heavy atom. The molecule has 0 aliphatic carbocycles. The van der Waals surface area contributed by atoms with Gasteiger partial charge in [-0.15, -0.1) is 0 Å². The predicted octanol–water partition coefficient (Wildman–Crippen LogP) is 2.75. The van der Waals surface area contributed by atoms with E-state index in [1.165, 1.54) is 11.6 Å². The number of nitrogens with zero attached hydrogens (tertiary/aromatic N) is 1. The molecule has 0 spiro atoms. The second kappa shape index (κ2) is 9.50. The molecule has 4 nitrogen and oxygen atoms in total. The molecule has 24 heavy (non-hydrogen) atoms. The van der Waals surface area contributed by atoms with Gasteiger partial charge in [-0.25, -0.2) is 8.78 Å². The smallest absolute Gasteiger partial charge is 0.191 e. The topological polar surface area (TPSA) is 45.7 Å². The van der Waals surface area contributed by atoms with Crippen molar-refractivity contribution in [3.63, 3.8) is 0 Å². The molecule has 0 aliphatic heterocycles. The van der Waals surface area contributed by atoms with Gasteiger partial charge < -0.3 is 15.4 Å². The molecule has 2 N–H and O–H groups in total. The summed E-state index contributed by atoms with van der Waals surface area (Å²) in [6.07, 6.45) is 0.888. The van der Waals surface area contributed by atoms with Crippen molar-refractivity contribution in [2.24, 2.45) is 4.99 Å². The summed E-state index contributed by atoms with van der Waals surface area (Å²) in [6.45, 7) is 1.43. The maximum absolute atomic E-state index is 13.4. The predicted molar refractivity (Wildman–Crippen MR) is 91.4 cm³/mol. The van der Waals surface area contributed by atoms with Crippen LogP contribution in [-0.2, 0) is 6.42 Å². The van der Waals surface area contributed by atoms with E-state index in [1.807, 2.05) is 18.2 Å². The molecule has 0 heterocycles. The zero-order valence-corrected chi connectivity index (χ0v) is 13.6. The van der Waals surface area contributed by atoms with Gasteiger partial charge in [0, 0.05) is 19.7 Å². The van der Waals surface area contributed by atoms with Gasteiger partial charge in [-0.05, 0) is 24.1 Å². The van der Waals surface area contributed by atoms with E-state index in [2.05, 4.69) is 27.8 Å². The van der Waals surface area contributed by atoms with E-state index in [0.29, 0.717) is 12.5 Å². The largest absolute Gasteiger partial charge is 0.489 e. The molecule has 0 fully saturated rings. The van der Waals surface area contributed by atoms with Crippen LogP contribution >= 0.6 is 0 Å². The van der Waals surface area contributed by atoms with Crippen LogP contribution in [0, 0.1) is 11.6 Å². The molecule has 0 bridgehead atoms. The molecular weight excluding hydrogens is 312 g/mol. The van der Waals surface area contributed by atoms with Gasteiger partial charge in [0.15, 0.2) is 17.5 Å². The normalized spacial score (nSPS) is 11.2. The van der Waals surface area contributed by atoms with Crippen LogP contribution in [0.15, 0.2) is 53.5 Å². The number of hydrogen-bond acceptors (Lipinski definition) is 2. The van der Waals surface area contributed by atoms with Gasteiger partial charge in [-0.3, -0.25) is 4.99 Å². The van der Waals surface area contributed by atoms with E-state index in [-0.39, 0.29) is 12.4 Å². The molecule has 0 radical (unpaired) electrons. The standard InChI is InChI=1S/C18H21F2N3O/c1-21-18(22-10-9-14-5-3-2-4-6-14)23-11-12-24-17-8-7-15(19)13-16(17)20/h2-8,13H,9-12H2,1H3,(H2,21,22,23). The third-order valence-corrected chi connectivity index (χ3v) is 3.32. The van der Waals surface area contributed by atoms with Crippen molar-refractivity contribution in [1.29, 1.82) is 0 Å². The van der Waals surface area contributed by atoms with Crippen molar-refractivity contribution in [3.8, 4) is 5.75 Å². The first-order valence-corrected chi connectivity index (χ1v) is 7.75. The molecule has 0 aromatic heterocycles. The number of guanidine groups is 1. The number of benzene rings is 2. The zero-order chi connectivity index (χ0) is 17.2. The Bertz CT molecular complexity index is 663. The highest BCUT2D eigenvalue weighted by molar-refractivity contribution is 5.79. The van der Waals surface area contributed by atoms with Gasteiger partial charge in [0.1, 0.15) is 12.4 Å². The Labute approximate surface area is 140 Å². The lowest BCUT2D eigenvalue weighted by molar-refractivity contribution is 0.304. The molecule has 0 aliphatic rings. The Morgan fingerprint density at radius 3 is 2.50 bits per heavy atom. The molecule has 0 saturated carbocycles. The van der Waals surface area contributed by atoms with E-state index in [0.717, 1.165) is 25.1 Å². The number of halogens is 2. The highest BCUT2D eigenvalue weighted by atomic mass is 19.1. The fraction of sp³-hybridized carbons (Fsp3) is 0.278. The highest BCUT2D eigenvalue weighted by Crippen LogP contribution is 2.17. The molecule has 0 saturated heterocycles. The summed E-state index contributed by atoms with van der Waals surface area (Å²) in [7, 11) is 1.68. The van der Waals surface area contributed by atoms with Crippen LogP contribution in [0.5, 0.6) is 5.75 Å². The van der Waals surface area contributed by atoms with Crippen LogP contribution in [0.25, 0.3) is 0 Å². The van der Waals surface area contributed by atoms with Gasteiger partial charge in [0.25, 0.3) is 0 Å². The molecule has 2 rings (SSSR count). The van der Waals surface area contributed by atoms with E-state index in [9.17, 15) is 8.78 Å². The van der Waals surface area contributed by atoms with Gasteiger partial charge in [-0.1, -0.05) is 30.3 Å². The average molecular weight is 333 g/mol. The molecule has 0 amide bonds. The van der Waals surface area contributed by atoms with Gasteiger partial charge in [0.2, 0.25) is 0 Å². The maximum Gasteiger partial charge on any atom is 0.191 e. The molecule has 0 unspecified atom stereocenters. The molecular formula is C18H21F2N3O. The Balaban J connectivity index is 1.66. The van der Waals surface area contributed by atoms with E-state index >= 15 is 0 Å². The summed E-state index contributed by atoms with van der Waals surface area (Å²) in [6, 6.07) is 13.4. The summed E-state index contributed by atoms with van der Waals surface area (Å²) < 4.78 is 31.5. The summed E-state index contributed by atoms with van der Waals surface area (Å²) >= 11 is 0. The van der Waals surface area contributed by atoms with E-state index in [4.69, 9.17) is 4.74 Å². The van der Waals surface area contributed by atoms with Crippen molar-refractivity contribution in [1.82, 2.24) is 10.6 Å². The minimum Gasteiger partial charge on any atom is -0.489 e. The summed E-state index contributed by atoms with van der Waals surface area (Å²) in [5, 5.41) is 6.27. The van der Waals surface area contributed by atoms with Crippen LogP contribution in [0.4, 0.5) is 8.78 Å². The summed E-state index contributed by atoms with van der Waals surface area (Å²) in [5.74, 6) is -0.652. The minimum atomic E-state index is -0.708.